The number of hydrogen-bond donors (Lipinski definition) is 0. The zero-order valence-corrected chi connectivity index (χ0v) is 19.1. The van der Waals surface area contributed by atoms with Gasteiger partial charge < -0.3 is 19.1 Å². The number of nitrogens with zero attached hydrogens (tertiary/aromatic N) is 3. The maximum absolute atomic E-state index is 13.8. The summed E-state index contributed by atoms with van der Waals surface area (Å²) < 4.78 is 57.7. The van der Waals surface area contributed by atoms with Crippen LogP contribution in [0.1, 0.15) is 29.8 Å². The molecule has 0 atom stereocenters. The van der Waals surface area contributed by atoms with Gasteiger partial charge in [0.15, 0.2) is 5.69 Å². The summed E-state index contributed by atoms with van der Waals surface area (Å²) in [6, 6.07) is 4.64. The highest BCUT2D eigenvalue weighted by Crippen LogP contribution is 2.41. The van der Waals surface area contributed by atoms with Crippen LogP contribution in [0.3, 0.4) is 0 Å². The van der Waals surface area contributed by atoms with Crippen molar-refractivity contribution in [2.24, 2.45) is 0 Å². The fraction of sp³-hybridized carbons (Fsp3) is 0.409. The van der Waals surface area contributed by atoms with E-state index in [2.05, 4.69) is 5.10 Å². The van der Waals surface area contributed by atoms with Gasteiger partial charge in [0.25, 0.3) is 0 Å². The minimum absolute atomic E-state index is 0.0926. The number of aromatic nitrogens is 2. The second-order valence-corrected chi connectivity index (χ2v) is 8.12. The molecule has 182 valence electrons. The quantitative estimate of drug-likeness (QED) is 0.591. The predicted octanol–water partition coefficient (Wildman–Crippen LogP) is 3.82. The molecule has 2 heterocycles. The van der Waals surface area contributed by atoms with Crippen LogP contribution in [-0.4, -0.2) is 49.3 Å². The van der Waals surface area contributed by atoms with Crippen molar-refractivity contribution >= 4 is 29.2 Å². The smallest absolute Gasteiger partial charge is 0.435 e. The lowest BCUT2D eigenvalue weighted by atomic mass is 9.95. The topological polar surface area (TPSA) is 82.9 Å². The summed E-state index contributed by atoms with van der Waals surface area (Å²) in [4.78, 5) is 26.4. The third-order valence-electron chi connectivity index (χ3n) is 5.75. The van der Waals surface area contributed by atoms with E-state index >= 15 is 0 Å². The zero-order chi connectivity index (χ0) is 24.6. The zero-order valence-electron chi connectivity index (χ0n) is 18.4. The number of halogens is 4. The van der Waals surface area contributed by atoms with E-state index in [0.29, 0.717) is 25.0 Å². The number of anilines is 1. The SMILES string of the molecule is COC(=O)C1=C(C(=O)OC)N(c2cccc(Cl)c2-n2nc(C(F)(F)F)c3c2CCCC3)COC1. The molecule has 1 aromatic heterocycles. The summed E-state index contributed by atoms with van der Waals surface area (Å²) in [6.07, 6.45) is -2.70. The van der Waals surface area contributed by atoms with E-state index < -0.39 is 23.8 Å². The molecule has 0 radical (unpaired) electrons. The normalized spacial score (nSPS) is 16.4. The third kappa shape index (κ3) is 4.14. The third-order valence-corrected chi connectivity index (χ3v) is 6.05. The molecule has 12 heteroatoms. The van der Waals surface area contributed by atoms with Crippen molar-refractivity contribution in [1.29, 1.82) is 0 Å². The Labute approximate surface area is 197 Å². The molecule has 1 aliphatic heterocycles. The second-order valence-electron chi connectivity index (χ2n) is 7.71. The van der Waals surface area contributed by atoms with E-state index in [0.717, 1.165) is 14.2 Å². The summed E-state index contributed by atoms with van der Waals surface area (Å²) >= 11 is 6.50. The highest BCUT2D eigenvalue weighted by atomic mass is 35.5. The van der Waals surface area contributed by atoms with Gasteiger partial charge in [-0.15, -0.1) is 0 Å². The average molecular weight is 500 g/mol. The van der Waals surface area contributed by atoms with Gasteiger partial charge in [-0.05, 0) is 37.8 Å². The number of ether oxygens (including phenoxy) is 3. The fourth-order valence-corrected chi connectivity index (χ4v) is 4.53. The number of methoxy groups -OCH3 is 2. The fourth-order valence-electron chi connectivity index (χ4n) is 4.28. The van der Waals surface area contributed by atoms with Crippen LogP contribution in [0.2, 0.25) is 5.02 Å². The van der Waals surface area contributed by atoms with E-state index in [1.165, 1.54) is 15.6 Å². The molecular formula is C22H21ClF3N3O5. The minimum Gasteiger partial charge on any atom is -0.466 e. The number of esters is 2. The molecule has 1 aromatic carbocycles. The summed E-state index contributed by atoms with van der Waals surface area (Å²) in [5.41, 5.74) is -0.304. The van der Waals surface area contributed by atoms with E-state index in [4.69, 9.17) is 25.8 Å². The largest absolute Gasteiger partial charge is 0.466 e. The number of hydrogen-bond acceptors (Lipinski definition) is 7. The van der Waals surface area contributed by atoms with E-state index in [1.54, 1.807) is 12.1 Å². The molecule has 34 heavy (non-hydrogen) atoms. The van der Waals surface area contributed by atoms with Crippen LogP contribution in [0, 0.1) is 0 Å². The summed E-state index contributed by atoms with van der Waals surface area (Å²) in [5.74, 6) is -1.64. The second kappa shape index (κ2) is 9.30. The average Bonchev–Trinajstić information content (AvgIpc) is 3.22. The van der Waals surface area contributed by atoms with Crippen molar-refractivity contribution in [2.45, 2.75) is 31.9 Å². The minimum atomic E-state index is -4.64. The number of carbonyl (C=O) groups is 2. The first kappa shape index (κ1) is 24.1. The molecule has 4 rings (SSSR count). The summed E-state index contributed by atoms with van der Waals surface area (Å²) in [7, 11) is 2.30. The van der Waals surface area contributed by atoms with E-state index in [-0.39, 0.29) is 53.0 Å². The van der Waals surface area contributed by atoms with Gasteiger partial charge >= 0.3 is 18.1 Å². The molecule has 0 bridgehead atoms. The highest BCUT2D eigenvalue weighted by Gasteiger charge is 2.41. The number of alkyl halides is 3. The van der Waals surface area contributed by atoms with Crippen LogP contribution in [0.15, 0.2) is 29.5 Å². The molecule has 2 aliphatic rings. The molecule has 0 saturated carbocycles. The number of fused-ring (bicyclic) bond motifs is 1. The van der Waals surface area contributed by atoms with Gasteiger partial charge in [0.1, 0.15) is 18.1 Å². The summed E-state index contributed by atoms with van der Waals surface area (Å²) in [5, 5.41) is 4.03. The monoisotopic (exact) mass is 499 g/mol. The number of para-hydroxylation sites is 1. The van der Waals surface area contributed by atoms with Crippen molar-refractivity contribution < 1.29 is 37.0 Å². The lowest BCUT2D eigenvalue weighted by Crippen LogP contribution is -2.39. The van der Waals surface area contributed by atoms with Crippen LogP contribution in [0.25, 0.3) is 5.69 Å². The van der Waals surface area contributed by atoms with Crippen LogP contribution in [0.4, 0.5) is 18.9 Å². The summed E-state index contributed by atoms with van der Waals surface area (Å²) in [6.45, 7) is -0.396. The van der Waals surface area contributed by atoms with Crippen LogP contribution < -0.4 is 4.90 Å². The van der Waals surface area contributed by atoms with Gasteiger partial charge in [-0.25, -0.2) is 14.3 Å². The van der Waals surface area contributed by atoms with Gasteiger partial charge in [0.2, 0.25) is 0 Å². The number of rotatable bonds is 4. The maximum Gasteiger partial charge on any atom is 0.435 e. The van der Waals surface area contributed by atoms with E-state index in [9.17, 15) is 22.8 Å². The van der Waals surface area contributed by atoms with Crippen molar-refractivity contribution in [3.8, 4) is 5.69 Å². The van der Waals surface area contributed by atoms with Crippen molar-refractivity contribution in [3.63, 3.8) is 0 Å². The van der Waals surface area contributed by atoms with Gasteiger partial charge in [0, 0.05) is 11.3 Å². The molecular weight excluding hydrogens is 479 g/mol. The van der Waals surface area contributed by atoms with Crippen LogP contribution in [-0.2, 0) is 42.8 Å². The van der Waals surface area contributed by atoms with E-state index in [1.807, 2.05) is 0 Å². The number of carbonyl (C=O) groups excluding carboxylic acids is 2. The number of benzene rings is 1. The Balaban J connectivity index is 1.97. The van der Waals surface area contributed by atoms with Crippen LogP contribution >= 0.6 is 11.6 Å². The maximum atomic E-state index is 13.8. The Hall–Kier alpha value is -3.05. The molecule has 2 aromatic rings. The van der Waals surface area contributed by atoms with Crippen LogP contribution in [0.5, 0.6) is 0 Å². The molecule has 0 amide bonds. The van der Waals surface area contributed by atoms with Crippen molar-refractivity contribution in [1.82, 2.24) is 9.78 Å². The van der Waals surface area contributed by atoms with Crippen molar-refractivity contribution in [3.05, 3.63) is 51.4 Å². The Kier molecular flexibility index (Phi) is 6.59. The Morgan fingerprint density at radius 1 is 1.12 bits per heavy atom. The lowest BCUT2D eigenvalue weighted by molar-refractivity contribution is -0.142. The first-order chi connectivity index (χ1) is 16.2. The van der Waals surface area contributed by atoms with Gasteiger partial charge in [-0.1, -0.05) is 17.7 Å². The highest BCUT2D eigenvalue weighted by molar-refractivity contribution is 6.33. The Morgan fingerprint density at radius 2 is 1.82 bits per heavy atom. The molecule has 0 saturated heterocycles. The lowest BCUT2D eigenvalue weighted by Gasteiger charge is -2.33. The molecule has 1 aliphatic carbocycles. The van der Waals surface area contributed by atoms with Gasteiger partial charge in [-0.3, -0.25) is 0 Å². The molecule has 0 fully saturated rings. The first-order valence-corrected chi connectivity index (χ1v) is 10.8. The molecule has 0 unspecified atom stereocenters. The first-order valence-electron chi connectivity index (χ1n) is 10.4. The standard InChI is InChI=1S/C22H21ClF3N3O5/c1-32-20(30)13-10-34-11-28(17(13)21(31)33-2)16-9-5-7-14(23)18(16)29-15-8-4-3-6-12(15)19(27-29)22(24,25)26/h5,7,9H,3-4,6,8,10-11H2,1-2H3. The Morgan fingerprint density at radius 3 is 2.50 bits per heavy atom. The Bertz CT molecular complexity index is 1180. The molecule has 0 N–H and O–H groups in total. The van der Waals surface area contributed by atoms with Gasteiger partial charge in [-0.2, -0.15) is 18.3 Å². The van der Waals surface area contributed by atoms with Crippen molar-refractivity contribution in [2.75, 3.05) is 32.5 Å². The molecule has 0 spiro atoms. The van der Waals surface area contributed by atoms with Gasteiger partial charge in [0.05, 0.1) is 37.1 Å². The predicted molar refractivity (Wildman–Crippen MR) is 115 cm³/mol. The molecule has 8 nitrogen and oxygen atoms in total.